The molecule has 2 heteroatoms. The fourth-order valence-electron chi connectivity index (χ4n) is 0.714. The third-order valence-electron chi connectivity index (χ3n) is 1.25. The smallest absolute Gasteiger partial charge is 0.0516 e. The van der Waals surface area contributed by atoms with E-state index in [9.17, 15) is 0 Å². The van der Waals surface area contributed by atoms with Gasteiger partial charge in [0.15, 0.2) is 0 Å². The largest absolute Gasteiger partial charge is 0.344 e. The van der Waals surface area contributed by atoms with Crippen molar-refractivity contribution in [1.82, 2.24) is 6.15 Å². The second-order valence-electron chi connectivity index (χ2n) is 1.84. The first kappa shape index (κ1) is 8.40. The Morgan fingerprint density at radius 1 is 1.11 bits per heavy atom. The maximum Gasteiger partial charge on any atom is 0.0516 e. The zero-order valence-corrected chi connectivity index (χ0v) is 7.22. The Hall–Kier alpha value is -0.603. The minimum atomic E-state index is 0. The van der Waals surface area contributed by atoms with Crippen molar-refractivity contribution in [1.29, 1.82) is 0 Å². The molecule has 0 spiro atoms. The lowest BCUT2D eigenvalue weighted by molar-refractivity contribution is 1.77. The van der Waals surface area contributed by atoms with Crippen LogP contribution in [0.25, 0.3) is 0 Å². The Kier molecular flexibility index (Phi) is 4.01. The molecule has 1 aromatic carbocycles. The maximum atomic E-state index is 2.30. The molecule has 50 valence electrons. The van der Waals surface area contributed by atoms with E-state index in [0.717, 1.165) is 0 Å². The fraction of sp³-hybridized carbons (Fsp3) is 0.143. The van der Waals surface area contributed by atoms with Crippen molar-refractivity contribution >= 4 is 14.7 Å². The summed E-state index contributed by atoms with van der Waals surface area (Å²) in [5.41, 5.74) is 0. The molecule has 0 aromatic heterocycles. The summed E-state index contributed by atoms with van der Waals surface area (Å²) in [5, 5.41) is 1.55. The summed E-state index contributed by atoms with van der Waals surface area (Å²) >= 11 is 0. The topological polar surface area (TPSA) is 35.0 Å². The lowest BCUT2D eigenvalue weighted by Gasteiger charge is -1.89. The van der Waals surface area contributed by atoms with E-state index in [1.807, 2.05) is 0 Å². The highest BCUT2D eigenvalue weighted by Crippen LogP contribution is 1.79. The summed E-state index contributed by atoms with van der Waals surface area (Å²) in [5.74, 6) is 0. The molecule has 0 aliphatic rings. The van der Waals surface area contributed by atoms with Crippen molar-refractivity contribution in [3.63, 3.8) is 0 Å². The van der Waals surface area contributed by atoms with E-state index < -0.39 is 0 Å². The molecule has 0 amide bonds. The zero-order valence-electron chi connectivity index (χ0n) is 5.80. The highest BCUT2D eigenvalue weighted by atomic mass is 28.2. The predicted molar refractivity (Wildman–Crippen MR) is 45.5 cm³/mol. The second kappa shape index (κ2) is 4.29. The van der Waals surface area contributed by atoms with Gasteiger partial charge >= 0.3 is 0 Å². The third kappa shape index (κ3) is 2.44. The Balaban J connectivity index is 0.000000640. The van der Waals surface area contributed by atoms with E-state index in [1.54, 1.807) is 5.19 Å². The Bertz CT molecular complexity index is 150. The summed E-state index contributed by atoms with van der Waals surface area (Å²) in [6.45, 7) is 2.30. The molecule has 0 saturated heterocycles. The van der Waals surface area contributed by atoms with Gasteiger partial charge in [0.05, 0.1) is 9.52 Å². The van der Waals surface area contributed by atoms with E-state index in [0.29, 0.717) is 0 Å². The first-order valence-electron chi connectivity index (χ1n) is 2.97. The van der Waals surface area contributed by atoms with Gasteiger partial charge in [-0.05, 0) is 0 Å². The molecular formula is C7H13NSi. The van der Waals surface area contributed by atoms with Gasteiger partial charge in [-0.25, -0.2) is 0 Å². The highest BCUT2D eigenvalue weighted by Gasteiger charge is 1.80. The molecule has 3 N–H and O–H groups in total. The molecular weight excluding hydrogens is 126 g/mol. The first-order valence-corrected chi connectivity index (χ1v) is 5.09. The van der Waals surface area contributed by atoms with Crippen molar-refractivity contribution in [3.05, 3.63) is 30.3 Å². The Morgan fingerprint density at radius 3 is 2.00 bits per heavy atom. The van der Waals surface area contributed by atoms with Gasteiger partial charge in [0.1, 0.15) is 0 Å². The standard InChI is InChI=1S/C7H10Si.H3N/c1-8-7-5-3-2-4-6-7;/h2-6H,8H2,1H3;1H3. The van der Waals surface area contributed by atoms with Crippen LogP contribution in [0, 0.1) is 0 Å². The molecule has 0 saturated carbocycles. The van der Waals surface area contributed by atoms with E-state index in [2.05, 4.69) is 36.9 Å². The monoisotopic (exact) mass is 139 g/mol. The molecule has 9 heavy (non-hydrogen) atoms. The van der Waals surface area contributed by atoms with Crippen molar-refractivity contribution in [2.45, 2.75) is 6.55 Å². The molecule has 0 fully saturated rings. The van der Waals surface area contributed by atoms with Crippen LogP contribution in [0.5, 0.6) is 0 Å². The number of benzene rings is 1. The molecule has 0 radical (unpaired) electrons. The third-order valence-corrected chi connectivity index (χ3v) is 2.54. The van der Waals surface area contributed by atoms with Gasteiger partial charge in [-0.15, -0.1) is 0 Å². The van der Waals surface area contributed by atoms with Crippen molar-refractivity contribution in [2.75, 3.05) is 0 Å². The summed E-state index contributed by atoms with van der Waals surface area (Å²) in [4.78, 5) is 0. The SMILES string of the molecule is C[SiH2]c1ccccc1.N. The molecule has 0 heterocycles. The first-order chi connectivity index (χ1) is 3.93. The van der Waals surface area contributed by atoms with Crippen LogP contribution in [0.4, 0.5) is 0 Å². The molecule has 1 aromatic rings. The number of hydrogen-bond donors (Lipinski definition) is 1. The molecule has 0 atom stereocenters. The van der Waals surface area contributed by atoms with Crippen molar-refractivity contribution in [2.24, 2.45) is 0 Å². The van der Waals surface area contributed by atoms with E-state index in [-0.39, 0.29) is 15.7 Å². The van der Waals surface area contributed by atoms with E-state index in [4.69, 9.17) is 0 Å². The fourth-order valence-corrected chi connectivity index (χ4v) is 1.46. The van der Waals surface area contributed by atoms with Crippen LogP contribution in [0.3, 0.4) is 0 Å². The lowest BCUT2D eigenvalue weighted by Crippen LogP contribution is -2.07. The van der Waals surface area contributed by atoms with Crippen molar-refractivity contribution < 1.29 is 0 Å². The number of rotatable bonds is 1. The summed E-state index contributed by atoms with van der Waals surface area (Å²) in [6, 6.07) is 10.7. The molecule has 1 nitrogen and oxygen atoms in total. The highest BCUT2D eigenvalue weighted by molar-refractivity contribution is 6.51. The summed E-state index contributed by atoms with van der Waals surface area (Å²) in [7, 11) is 0.0913. The van der Waals surface area contributed by atoms with Crippen LogP contribution >= 0.6 is 0 Å². The van der Waals surface area contributed by atoms with Gasteiger partial charge < -0.3 is 6.15 Å². The van der Waals surface area contributed by atoms with Crippen LogP contribution < -0.4 is 11.3 Å². The molecule has 0 unspecified atom stereocenters. The normalized spacial score (nSPS) is 9.44. The zero-order chi connectivity index (χ0) is 5.82. The lowest BCUT2D eigenvalue weighted by atomic mass is 10.4. The molecule has 0 aliphatic carbocycles. The number of hydrogen-bond acceptors (Lipinski definition) is 1. The van der Waals surface area contributed by atoms with Crippen LogP contribution in [0.1, 0.15) is 0 Å². The minimum absolute atomic E-state index is 0. The van der Waals surface area contributed by atoms with Gasteiger partial charge in [-0.2, -0.15) is 0 Å². The molecule has 0 aliphatic heterocycles. The average molecular weight is 139 g/mol. The van der Waals surface area contributed by atoms with Crippen LogP contribution in [-0.4, -0.2) is 9.52 Å². The second-order valence-corrected chi connectivity index (χ2v) is 3.36. The van der Waals surface area contributed by atoms with Crippen LogP contribution in [0.15, 0.2) is 30.3 Å². The van der Waals surface area contributed by atoms with Gasteiger partial charge in [-0.3, -0.25) is 0 Å². The summed E-state index contributed by atoms with van der Waals surface area (Å²) < 4.78 is 0. The van der Waals surface area contributed by atoms with Gasteiger partial charge in [-0.1, -0.05) is 42.1 Å². The maximum absolute atomic E-state index is 2.30. The van der Waals surface area contributed by atoms with Gasteiger partial charge in [0, 0.05) is 0 Å². The van der Waals surface area contributed by atoms with Crippen LogP contribution in [0.2, 0.25) is 6.55 Å². The van der Waals surface area contributed by atoms with Gasteiger partial charge in [0.2, 0.25) is 0 Å². The predicted octanol–water partition coefficient (Wildman–Crippen LogP) is 0.691. The summed E-state index contributed by atoms with van der Waals surface area (Å²) in [6.07, 6.45) is 0. The Morgan fingerprint density at radius 2 is 1.67 bits per heavy atom. The van der Waals surface area contributed by atoms with Crippen LogP contribution in [-0.2, 0) is 0 Å². The molecule has 0 bridgehead atoms. The minimum Gasteiger partial charge on any atom is -0.344 e. The van der Waals surface area contributed by atoms with Gasteiger partial charge in [0.25, 0.3) is 0 Å². The molecule has 1 rings (SSSR count). The average Bonchev–Trinajstić information content (AvgIpc) is 1.90. The van der Waals surface area contributed by atoms with Crippen molar-refractivity contribution in [3.8, 4) is 0 Å². The van der Waals surface area contributed by atoms with E-state index in [1.165, 1.54) is 0 Å². The Labute approximate surface area is 58.5 Å². The van der Waals surface area contributed by atoms with E-state index >= 15 is 0 Å². The quantitative estimate of drug-likeness (QED) is 0.571.